The second-order valence-electron chi connectivity index (χ2n) is 3.63. The van der Waals surface area contributed by atoms with Gasteiger partial charge in [0.05, 0.1) is 25.3 Å². The van der Waals surface area contributed by atoms with Crippen LogP contribution in [-0.2, 0) is 9.47 Å². The van der Waals surface area contributed by atoms with Gasteiger partial charge in [-0.25, -0.2) is 9.59 Å². The average Bonchev–Trinajstić information content (AvgIpc) is 2.42. The first kappa shape index (κ1) is 15.8. The Kier molecular flexibility index (Phi) is 4.95. The highest BCUT2D eigenvalue weighted by atomic mass is 19.4. The van der Waals surface area contributed by atoms with Crippen LogP contribution in [0, 0.1) is 0 Å². The highest BCUT2D eigenvalue weighted by molar-refractivity contribution is 5.96. The van der Waals surface area contributed by atoms with Crippen LogP contribution in [0.1, 0.15) is 20.7 Å². The molecule has 0 unspecified atom stereocenters. The van der Waals surface area contributed by atoms with Gasteiger partial charge in [-0.15, -0.1) is 0 Å². The van der Waals surface area contributed by atoms with Crippen molar-refractivity contribution in [1.82, 2.24) is 0 Å². The number of hydrogen-bond acceptors (Lipinski definition) is 5. The average molecular weight is 292 g/mol. The van der Waals surface area contributed by atoms with Crippen LogP contribution in [0.4, 0.5) is 13.2 Å². The number of halogens is 3. The van der Waals surface area contributed by atoms with E-state index in [0.29, 0.717) is 0 Å². The summed E-state index contributed by atoms with van der Waals surface area (Å²) in [5, 5.41) is 0. The van der Waals surface area contributed by atoms with Crippen molar-refractivity contribution in [3.8, 4) is 5.75 Å². The molecule has 1 aromatic carbocycles. The molecule has 20 heavy (non-hydrogen) atoms. The lowest BCUT2D eigenvalue weighted by Gasteiger charge is -2.11. The molecule has 1 aromatic rings. The maximum Gasteiger partial charge on any atom is 0.422 e. The first-order valence-electron chi connectivity index (χ1n) is 5.28. The van der Waals surface area contributed by atoms with Gasteiger partial charge in [0.25, 0.3) is 0 Å². The van der Waals surface area contributed by atoms with Crippen molar-refractivity contribution in [2.24, 2.45) is 0 Å². The van der Waals surface area contributed by atoms with Crippen molar-refractivity contribution < 1.29 is 37.0 Å². The second kappa shape index (κ2) is 6.27. The molecule has 0 aliphatic carbocycles. The van der Waals surface area contributed by atoms with Gasteiger partial charge in [0.1, 0.15) is 5.75 Å². The third kappa shape index (κ3) is 4.45. The van der Waals surface area contributed by atoms with E-state index in [1.54, 1.807) is 0 Å². The molecule has 1 rings (SSSR count). The summed E-state index contributed by atoms with van der Waals surface area (Å²) in [6, 6.07) is 3.23. The highest BCUT2D eigenvalue weighted by Crippen LogP contribution is 2.22. The van der Waals surface area contributed by atoms with Gasteiger partial charge in [0.15, 0.2) is 6.61 Å². The Labute approximate surface area is 112 Å². The zero-order valence-electron chi connectivity index (χ0n) is 10.6. The highest BCUT2D eigenvalue weighted by Gasteiger charge is 2.28. The van der Waals surface area contributed by atoms with Crippen molar-refractivity contribution in [2.45, 2.75) is 6.18 Å². The fourth-order valence-corrected chi connectivity index (χ4v) is 1.32. The number of carbonyl (C=O) groups excluding carboxylic acids is 2. The van der Waals surface area contributed by atoms with Crippen molar-refractivity contribution in [3.63, 3.8) is 0 Å². The molecule has 0 radical (unpaired) electrons. The summed E-state index contributed by atoms with van der Waals surface area (Å²) in [6.45, 7) is -1.54. The van der Waals surface area contributed by atoms with Crippen LogP contribution in [-0.4, -0.2) is 38.9 Å². The summed E-state index contributed by atoms with van der Waals surface area (Å²) < 4.78 is 49.6. The molecule has 0 saturated carbocycles. The van der Waals surface area contributed by atoms with Crippen molar-refractivity contribution in [2.75, 3.05) is 20.8 Å². The van der Waals surface area contributed by atoms with Crippen LogP contribution < -0.4 is 4.74 Å². The number of ether oxygens (including phenoxy) is 3. The minimum Gasteiger partial charge on any atom is -0.484 e. The van der Waals surface area contributed by atoms with Crippen LogP contribution in [0.2, 0.25) is 0 Å². The maximum atomic E-state index is 12.1. The Bertz CT molecular complexity index is 476. The lowest BCUT2D eigenvalue weighted by atomic mass is 10.1. The van der Waals surface area contributed by atoms with Crippen molar-refractivity contribution in [1.29, 1.82) is 0 Å². The first-order chi connectivity index (χ1) is 9.26. The third-order valence-electron chi connectivity index (χ3n) is 2.15. The molecule has 0 saturated heterocycles. The topological polar surface area (TPSA) is 61.8 Å². The Morgan fingerprint density at radius 2 is 1.45 bits per heavy atom. The quantitative estimate of drug-likeness (QED) is 0.796. The molecule has 0 atom stereocenters. The first-order valence-corrected chi connectivity index (χ1v) is 5.28. The monoisotopic (exact) mass is 292 g/mol. The van der Waals surface area contributed by atoms with E-state index in [0.717, 1.165) is 32.4 Å². The summed E-state index contributed by atoms with van der Waals surface area (Å²) in [5.41, 5.74) is -0.236. The van der Waals surface area contributed by atoms with E-state index < -0.39 is 24.7 Å². The van der Waals surface area contributed by atoms with Crippen LogP contribution in [0.25, 0.3) is 0 Å². The maximum absolute atomic E-state index is 12.1. The zero-order valence-corrected chi connectivity index (χ0v) is 10.6. The van der Waals surface area contributed by atoms with Crippen LogP contribution in [0.3, 0.4) is 0 Å². The Morgan fingerprint density at radius 1 is 1.00 bits per heavy atom. The van der Waals surface area contributed by atoms with Gasteiger partial charge in [0.2, 0.25) is 0 Å². The van der Waals surface area contributed by atoms with E-state index in [1.165, 1.54) is 0 Å². The summed E-state index contributed by atoms with van der Waals surface area (Å²) in [4.78, 5) is 22.8. The summed E-state index contributed by atoms with van der Waals surface area (Å²) in [6.07, 6.45) is -4.54. The molecule has 5 nitrogen and oxygen atoms in total. The van der Waals surface area contributed by atoms with Gasteiger partial charge >= 0.3 is 18.1 Å². The SMILES string of the molecule is COC(=O)c1cc(OCC(F)(F)F)cc(C(=O)OC)c1. The summed E-state index contributed by atoms with van der Waals surface area (Å²) >= 11 is 0. The molecular formula is C12H11F3O5. The standard InChI is InChI=1S/C12H11F3O5/c1-18-10(16)7-3-8(11(17)19-2)5-9(4-7)20-6-12(13,14)15/h3-5H,6H2,1-2H3. The van der Waals surface area contributed by atoms with E-state index in [-0.39, 0.29) is 16.9 Å². The minimum atomic E-state index is -4.54. The fourth-order valence-electron chi connectivity index (χ4n) is 1.32. The van der Waals surface area contributed by atoms with Crippen LogP contribution >= 0.6 is 0 Å². The third-order valence-corrected chi connectivity index (χ3v) is 2.15. The van der Waals surface area contributed by atoms with E-state index in [1.807, 2.05) is 0 Å². The van der Waals surface area contributed by atoms with Crippen LogP contribution in [0.5, 0.6) is 5.75 Å². The second-order valence-corrected chi connectivity index (χ2v) is 3.63. The molecule has 110 valence electrons. The van der Waals surface area contributed by atoms with E-state index in [2.05, 4.69) is 14.2 Å². The predicted molar refractivity (Wildman–Crippen MR) is 60.7 cm³/mol. The normalized spacial score (nSPS) is 10.8. The molecule has 0 aliphatic rings. The number of esters is 2. The van der Waals surface area contributed by atoms with Crippen molar-refractivity contribution in [3.05, 3.63) is 29.3 Å². The molecule has 0 heterocycles. The number of benzene rings is 1. The van der Waals surface area contributed by atoms with Gasteiger partial charge in [-0.3, -0.25) is 0 Å². The molecule has 8 heteroatoms. The molecule has 0 aliphatic heterocycles. The summed E-state index contributed by atoms with van der Waals surface area (Å²) in [7, 11) is 2.20. The van der Waals surface area contributed by atoms with Crippen LogP contribution in [0.15, 0.2) is 18.2 Å². The zero-order chi connectivity index (χ0) is 15.3. The van der Waals surface area contributed by atoms with E-state index >= 15 is 0 Å². The van der Waals surface area contributed by atoms with E-state index in [4.69, 9.17) is 0 Å². The molecule has 0 bridgehead atoms. The number of carbonyl (C=O) groups is 2. The van der Waals surface area contributed by atoms with Crippen molar-refractivity contribution >= 4 is 11.9 Å². The van der Waals surface area contributed by atoms with Gasteiger partial charge in [0, 0.05) is 0 Å². The largest absolute Gasteiger partial charge is 0.484 e. The smallest absolute Gasteiger partial charge is 0.422 e. The summed E-state index contributed by atoms with van der Waals surface area (Å²) in [5.74, 6) is -1.91. The molecule has 0 fully saturated rings. The number of rotatable bonds is 4. The number of hydrogen-bond donors (Lipinski definition) is 0. The lowest BCUT2D eigenvalue weighted by Crippen LogP contribution is -2.19. The van der Waals surface area contributed by atoms with Gasteiger partial charge in [-0.1, -0.05) is 0 Å². The molecule has 0 aromatic heterocycles. The van der Waals surface area contributed by atoms with Gasteiger partial charge in [-0.05, 0) is 18.2 Å². The van der Waals surface area contributed by atoms with Gasteiger partial charge in [-0.2, -0.15) is 13.2 Å². The number of methoxy groups -OCH3 is 2. The molecular weight excluding hydrogens is 281 g/mol. The molecule has 0 N–H and O–H groups in total. The fraction of sp³-hybridized carbons (Fsp3) is 0.333. The number of alkyl halides is 3. The Balaban J connectivity index is 3.10. The van der Waals surface area contributed by atoms with E-state index in [9.17, 15) is 22.8 Å². The Morgan fingerprint density at radius 3 is 1.80 bits per heavy atom. The molecule has 0 amide bonds. The Hall–Kier alpha value is -2.25. The lowest BCUT2D eigenvalue weighted by molar-refractivity contribution is -0.153. The van der Waals surface area contributed by atoms with Gasteiger partial charge < -0.3 is 14.2 Å². The minimum absolute atomic E-state index is 0.118. The predicted octanol–water partition coefficient (Wildman–Crippen LogP) is 2.20. The molecule has 0 spiro atoms.